The summed E-state index contributed by atoms with van der Waals surface area (Å²) in [6, 6.07) is 3.86. The highest BCUT2D eigenvalue weighted by Gasteiger charge is 2.03. The minimum atomic E-state index is -0.437. The van der Waals surface area contributed by atoms with Crippen molar-refractivity contribution < 1.29 is 5.11 Å². The highest BCUT2D eigenvalue weighted by Crippen LogP contribution is 2.14. The van der Waals surface area contributed by atoms with E-state index in [1.807, 2.05) is 19.2 Å². The highest BCUT2D eigenvalue weighted by atomic mass is 16.3. The third-order valence-electron chi connectivity index (χ3n) is 2.20. The molecule has 1 rings (SSSR count). The van der Waals surface area contributed by atoms with Gasteiger partial charge in [0, 0.05) is 19.8 Å². The Labute approximate surface area is 85.4 Å². The van der Waals surface area contributed by atoms with E-state index in [1.54, 1.807) is 13.1 Å². The number of anilines is 1. The smallest absolute Gasteiger partial charge is 0.128 e. The second-order valence-corrected chi connectivity index (χ2v) is 3.55. The first-order chi connectivity index (χ1) is 6.65. The second kappa shape index (κ2) is 4.96. The zero-order valence-electron chi connectivity index (χ0n) is 9.07. The summed E-state index contributed by atoms with van der Waals surface area (Å²) in [4.78, 5) is 6.39. The Morgan fingerprint density at radius 3 is 2.64 bits per heavy atom. The van der Waals surface area contributed by atoms with Crippen molar-refractivity contribution in [1.29, 1.82) is 0 Å². The van der Waals surface area contributed by atoms with Crippen molar-refractivity contribution in [3.63, 3.8) is 0 Å². The monoisotopic (exact) mass is 194 g/mol. The number of nitrogens with zero attached hydrogens (tertiary/aromatic N) is 2. The molecule has 0 saturated heterocycles. The van der Waals surface area contributed by atoms with Gasteiger partial charge in [0.1, 0.15) is 5.82 Å². The molecule has 0 radical (unpaired) electrons. The predicted molar refractivity (Wildman–Crippen MR) is 58.4 cm³/mol. The predicted octanol–water partition coefficient (Wildman–Crippen LogP) is 1.98. The van der Waals surface area contributed by atoms with E-state index in [4.69, 9.17) is 0 Å². The quantitative estimate of drug-likeness (QED) is 0.796. The Hall–Kier alpha value is -1.09. The van der Waals surface area contributed by atoms with Crippen molar-refractivity contribution in [3.05, 3.63) is 23.9 Å². The van der Waals surface area contributed by atoms with Crippen LogP contribution in [0.4, 0.5) is 5.82 Å². The lowest BCUT2D eigenvalue weighted by Gasteiger charge is -2.17. The summed E-state index contributed by atoms with van der Waals surface area (Å²) < 4.78 is 0. The lowest BCUT2D eigenvalue weighted by Crippen LogP contribution is -2.18. The van der Waals surface area contributed by atoms with Gasteiger partial charge in [0.25, 0.3) is 0 Å². The van der Waals surface area contributed by atoms with Crippen molar-refractivity contribution in [2.24, 2.45) is 0 Å². The fraction of sp³-hybridized carbons (Fsp3) is 0.545. The molecule has 14 heavy (non-hydrogen) atoms. The highest BCUT2D eigenvalue weighted by molar-refractivity contribution is 5.38. The number of aliphatic hydroxyl groups is 1. The summed E-state index contributed by atoms with van der Waals surface area (Å²) in [5.74, 6) is 0.955. The summed E-state index contributed by atoms with van der Waals surface area (Å²) in [5, 5.41) is 9.30. The first kappa shape index (κ1) is 11.0. The van der Waals surface area contributed by atoms with Gasteiger partial charge in [0.05, 0.1) is 6.10 Å². The number of rotatable bonds is 4. The maximum Gasteiger partial charge on any atom is 0.128 e. The van der Waals surface area contributed by atoms with E-state index in [1.165, 1.54) is 0 Å². The molecular formula is C11H18N2O. The molecule has 0 spiro atoms. The Morgan fingerprint density at radius 2 is 2.21 bits per heavy atom. The van der Waals surface area contributed by atoms with E-state index in [9.17, 15) is 5.11 Å². The Kier molecular flexibility index (Phi) is 3.89. The van der Waals surface area contributed by atoms with Crippen LogP contribution in [-0.4, -0.2) is 23.7 Å². The third kappa shape index (κ3) is 2.70. The molecule has 3 heteroatoms. The molecule has 78 valence electrons. The minimum absolute atomic E-state index is 0.437. The van der Waals surface area contributed by atoms with Crippen molar-refractivity contribution in [2.45, 2.75) is 26.4 Å². The molecule has 1 aromatic heterocycles. The Bertz CT molecular complexity index is 269. The fourth-order valence-electron chi connectivity index (χ4n) is 1.32. The summed E-state index contributed by atoms with van der Waals surface area (Å²) in [6.45, 7) is 4.88. The van der Waals surface area contributed by atoms with Crippen LogP contribution in [0.2, 0.25) is 0 Å². The molecule has 1 N–H and O–H groups in total. The number of pyridine rings is 1. The summed E-state index contributed by atoms with van der Waals surface area (Å²) in [6.07, 6.45) is 2.40. The molecule has 0 unspecified atom stereocenters. The van der Waals surface area contributed by atoms with Gasteiger partial charge >= 0.3 is 0 Å². The van der Waals surface area contributed by atoms with Crippen LogP contribution in [0.15, 0.2) is 18.3 Å². The second-order valence-electron chi connectivity index (χ2n) is 3.55. The summed E-state index contributed by atoms with van der Waals surface area (Å²) in [5.41, 5.74) is 0.860. The molecule has 0 bridgehead atoms. The standard InChI is InChI=1S/C11H18N2O/c1-4-7-13(3)11-6-5-10(8-12-11)9(2)14/h5-6,8-9,14H,4,7H2,1-3H3/t9-/m0/s1. The molecule has 0 aliphatic carbocycles. The van der Waals surface area contributed by atoms with Gasteiger partial charge in [-0.25, -0.2) is 4.98 Å². The van der Waals surface area contributed by atoms with Gasteiger partial charge in [0.15, 0.2) is 0 Å². The van der Waals surface area contributed by atoms with Crippen molar-refractivity contribution in [2.75, 3.05) is 18.5 Å². The number of aromatic nitrogens is 1. The van der Waals surface area contributed by atoms with Crippen LogP contribution >= 0.6 is 0 Å². The molecule has 1 heterocycles. The average molecular weight is 194 g/mol. The molecule has 0 aliphatic rings. The minimum Gasteiger partial charge on any atom is -0.389 e. The van der Waals surface area contributed by atoms with Crippen LogP contribution in [0.1, 0.15) is 31.9 Å². The zero-order chi connectivity index (χ0) is 10.6. The maximum atomic E-state index is 9.30. The lowest BCUT2D eigenvalue weighted by molar-refractivity contribution is 0.199. The molecule has 1 atom stereocenters. The number of hydrogen-bond acceptors (Lipinski definition) is 3. The van der Waals surface area contributed by atoms with E-state index >= 15 is 0 Å². The van der Waals surface area contributed by atoms with Gasteiger partial charge in [-0.1, -0.05) is 13.0 Å². The maximum absolute atomic E-state index is 9.30. The van der Waals surface area contributed by atoms with Gasteiger partial charge < -0.3 is 10.0 Å². The Morgan fingerprint density at radius 1 is 1.50 bits per heavy atom. The summed E-state index contributed by atoms with van der Waals surface area (Å²) in [7, 11) is 2.02. The van der Waals surface area contributed by atoms with Crippen molar-refractivity contribution >= 4 is 5.82 Å². The Balaban J connectivity index is 2.72. The van der Waals surface area contributed by atoms with Gasteiger partial charge in [-0.05, 0) is 25.0 Å². The molecule has 3 nitrogen and oxygen atoms in total. The summed E-state index contributed by atoms with van der Waals surface area (Å²) >= 11 is 0. The molecule has 0 amide bonds. The molecule has 1 aromatic rings. The van der Waals surface area contributed by atoms with E-state index in [0.717, 1.165) is 24.3 Å². The van der Waals surface area contributed by atoms with Crippen LogP contribution in [0.3, 0.4) is 0 Å². The fourth-order valence-corrected chi connectivity index (χ4v) is 1.32. The van der Waals surface area contributed by atoms with Gasteiger partial charge in [-0.15, -0.1) is 0 Å². The van der Waals surface area contributed by atoms with Crippen molar-refractivity contribution in [1.82, 2.24) is 4.98 Å². The normalized spacial score (nSPS) is 12.6. The van der Waals surface area contributed by atoms with Crippen LogP contribution in [-0.2, 0) is 0 Å². The molecule has 0 aromatic carbocycles. The van der Waals surface area contributed by atoms with Gasteiger partial charge in [-0.3, -0.25) is 0 Å². The third-order valence-corrected chi connectivity index (χ3v) is 2.20. The topological polar surface area (TPSA) is 36.4 Å². The molecular weight excluding hydrogens is 176 g/mol. The van der Waals surface area contributed by atoms with Crippen LogP contribution in [0.5, 0.6) is 0 Å². The van der Waals surface area contributed by atoms with E-state index in [-0.39, 0.29) is 0 Å². The van der Waals surface area contributed by atoms with Gasteiger partial charge in [-0.2, -0.15) is 0 Å². The largest absolute Gasteiger partial charge is 0.389 e. The number of hydrogen-bond donors (Lipinski definition) is 1. The lowest BCUT2D eigenvalue weighted by atomic mass is 10.2. The zero-order valence-corrected chi connectivity index (χ0v) is 9.07. The van der Waals surface area contributed by atoms with Crippen molar-refractivity contribution in [3.8, 4) is 0 Å². The molecule has 0 fully saturated rings. The first-order valence-corrected chi connectivity index (χ1v) is 5.00. The van der Waals surface area contributed by atoms with E-state index < -0.39 is 6.10 Å². The van der Waals surface area contributed by atoms with Crippen LogP contribution in [0, 0.1) is 0 Å². The SMILES string of the molecule is CCCN(C)c1ccc([C@H](C)O)cn1. The molecule has 0 saturated carbocycles. The molecule has 0 aliphatic heterocycles. The van der Waals surface area contributed by atoms with E-state index in [0.29, 0.717) is 0 Å². The average Bonchev–Trinajstić information content (AvgIpc) is 2.18. The van der Waals surface area contributed by atoms with Gasteiger partial charge in [0.2, 0.25) is 0 Å². The van der Waals surface area contributed by atoms with E-state index in [2.05, 4.69) is 16.8 Å². The van der Waals surface area contributed by atoms with Crippen LogP contribution < -0.4 is 4.90 Å². The first-order valence-electron chi connectivity index (χ1n) is 5.00. The number of aliphatic hydroxyl groups excluding tert-OH is 1. The van der Waals surface area contributed by atoms with Crippen LogP contribution in [0.25, 0.3) is 0 Å².